The Morgan fingerprint density at radius 3 is 2.75 bits per heavy atom. The first-order valence-electron chi connectivity index (χ1n) is 6.40. The van der Waals surface area contributed by atoms with E-state index in [0.717, 1.165) is 5.56 Å². The molecule has 0 saturated heterocycles. The van der Waals surface area contributed by atoms with Gasteiger partial charge in [-0.25, -0.2) is 0 Å². The number of nitrogens with one attached hydrogen (secondary N) is 1. The van der Waals surface area contributed by atoms with E-state index >= 15 is 0 Å². The molecule has 6 nitrogen and oxygen atoms in total. The Morgan fingerprint density at radius 2 is 2.10 bits per heavy atom. The molecule has 0 aliphatic carbocycles. The van der Waals surface area contributed by atoms with Gasteiger partial charge in [0.15, 0.2) is 11.5 Å². The molecule has 0 saturated carbocycles. The number of amides is 1. The zero-order valence-corrected chi connectivity index (χ0v) is 11.4. The van der Waals surface area contributed by atoms with Crippen molar-refractivity contribution in [2.45, 2.75) is 19.9 Å². The van der Waals surface area contributed by atoms with Gasteiger partial charge in [0.1, 0.15) is 0 Å². The quantitative estimate of drug-likeness (QED) is 0.863. The third-order valence-electron chi connectivity index (χ3n) is 3.21. The largest absolute Gasteiger partial charge is 0.396 e. The van der Waals surface area contributed by atoms with Crippen LogP contribution in [0.3, 0.4) is 0 Å². The molecule has 0 spiro atoms. The summed E-state index contributed by atoms with van der Waals surface area (Å²) in [5.74, 6) is 0.174. The normalized spacial score (nSPS) is 13.8. The minimum atomic E-state index is -0.318. The lowest BCUT2D eigenvalue weighted by Gasteiger charge is -2.18. The van der Waals surface area contributed by atoms with E-state index in [1.807, 2.05) is 13.8 Å². The van der Waals surface area contributed by atoms with Crippen molar-refractivity contribution in [1.29, 1.82) is 0 Å². The molecule has 0 bridgehead atoms. The van der Waals surface area contributed by atoms with Gasteiger partial charge in [-0.1, -0.05) is 12.1 Å². The highest BCUT2D eigenvalue weighted by atomic mass is 16.5. The number of nitrogens with zero attached hydrogens (tertiary/aromatic N) is 2. The van der Waals surface area contributed by atoms with Gasteiger partial charge < -0.3 is 14.9 Å². The van der Waals surface area contributed by atoms with Gasteiger partial charge in [-0.15, -0.1) is 0 Å². The molecule has 2 aromatic rings. The number of carbonyl (C=O) groups excluding carboxylic acids is 1. The lowest BCUT2D eigenvalue weighted by Crippen LogP contribution is -2.38. The molecule has 0 aliphatic heterocycles. The van der Waals surface area contributed by atoms with Crippen LogP contribution < -0.4 is 5.32 Å². The van der Waals surface area contributed by atoms with E-state index in [-0.39, 0.29) is 30.2 Å². The first kappa shape index (κ1) is 14.2. The summed E-state index contributed by atoms with van der Waals surface area (Å²) in [6.07, 6.45) is 3.28. The van der Waals surface area contributed by atoms with E-state index in [1.165, 1.54) is 0 Å². The van der Waals surface area contributed by atoms with Crippen molar-refractivity contribution in [3.8, 4) is 11.3 Å². The van der Waals surface area contributed by atoms with Crippen LogP contribution in [0, 0.1) is 5.92 Å². The summed E-state index contributed by atoms with van der Waals surface area (Å²) in [4.78, 5) is 15.9. The van der Waals surface area contributed by atoms with Gasteiger partial charge in [-0.05, 0) is 25.0 Å². The predicted octanol–water partition coefficient (Wildman–Crippen LogP) is 1.48. The molecule has 2 rings (SSSR count). The number of carbonyl (C=O) groups is 1. The first-order chi connectivity index (χ1) is 9.61. The molecular formula is C14H17N3O3. The third-order valence-corrected chi connectivity index (χ3v) is 3.21. The molecule has 0 radical (unpaired) electrons. The fourth-order valence-electron chi connectivity index (χ4n) is 1.62. The van der Waals surface area contributed by atoms with E-state index in [1.54, 1.807) is 30.6 Å². The third kappa shape index (κ3) is 3.21. The zero-order chi connectivity index (χ0) is 14.5. The Hall–Kier alpha value is -2.21. The number of aliphatic hydroxyl groups is 1. The monoisotopic (exact) mass is 275 g/mol. The molecule has 0 fully saturated rings. The second-order valence-corrected chi connectivity index (χ2v) is 4.73. The molecule has 2 unspecified atom stereocenters. The summed E-state index contributed by atoms with van der Waals surface area (Å²) < 4.78 is 5.15. The van der Waals surface area contributed by atoms with E-state index in [2.05, 4.69) is 15.5 Å². The summed E-state index contributed by atoms with van der Waals surface area (Å²) in [5.41, 5.74) is 1.03. The minimum Gasteiger partial charge on any atom is -0.396 e. The Bertz CT molecular complexity index is 568. The van der Waals surface area contributed by atoms with Crippen molar-refractivity contribution in [3.05, 3.63) is 36.3 Å². The average molecular weight is 275 g/mol. The van der Waals surface area contributed by atoms with Crippen LogP contribution in [0.4, 0.5) is 0 Å². The first-order valence-corrected chi connectivity index (χ1v) is 6.40. The SMILES string of the molecule is CC(CO)C(C)NC(=O)c1cc(-c2ccncc2)on1. The predicted molar refractivity (Wildman–Crippen MR) is 72.9 cm³/mol. The lowest BCUT2D eigenvalue weighted by atomic mass is 10.1. The number of aromatic nitrogens is 2. The lowest BCUT2D eigenvalue weighted by molar-refractivity contribution is 0.0907. The highest BCUT2D eigenvalue weighted by molar-refractivity contribution is 5.93. The fraction of sp³-hybridized carbons (Fsp3) is 0.357. The maximum Gasteiger partial charge on any atom is 0.273 e. The van der Waals surface area contributed by atoms with E-state index < -0.39 is 0 Å². The Morgan fingerprint density at radius 1 is 1.40 bits per heavy atom. The van der Waals surface area contributed by atoms with Crippen molar-refractivity contribution < 1.29 is 14.4 Å². The summed E-state index contributed by atoms with van der Waals surface area (Å²) in [6, 6.07) is 4.99. The van der Waals surface area contributed by atoms with Crippen LogP contribution >= 0.6 is 0 Å². The number of hydrogen-bond donors (Lipinski definition) is 2. The Labute approximate surface area is 116 Å². The van der Waals surface area contributed by atoms with Crippen molar-refractivity contribution in [2.75, 3.05) is 6.61 Å². The van der Waals surface area contributed by atoms with Crippen LogP contribution in [-0.4, -0.2) is 33.8 Å². The van der Waals surface area contributed by atoms with Gasteiger partial charge in [-0.3, -0.25) is 9.78 Å². The van der Waals surface area contributed by atoms with Crippen LogP contribution in [0.25, 0.3) is 11.3 Å². The van der Waals surface area contributed by atoms with Crippen molar-refractivity contribution in [1.82, 2.24) is 15.5 Å². The highest BCUT2D eigenvalue weighted by Crippen LogP contribution is 2.19. The van der Waals surface area contributed by atoms with Gasteiger partial charge in [0.25, 0.3) is 5.91 Å². The average Bonchev–Trinajstić information content (AvgIpc) is 2.97. The topological polar surface area (TPSA) is 88.2 Å². The number of aliphatic hydroxyl groups excluding tert-OH is 1. The van der Waals surface area contributed by atoms with Crippen molar-refractivity contribution in [2.24, 2.45) is 5.92 Å². The zero-order valence-electron chi connectivity index (χ0n) is 11.4. The van der Waals surface area contributed by atoms with Crippen LogP contribution in [0.15, 0.2) is 35.1 Å². The van der Waals surface area contributed by atoms with E-state index in [4.69, 9.17) is 9.63 Å². The molecule has 106 valence electrons. The molecular weight excluding hydrogens is 258 g/mol. The molecule has 0 aliphatic rings. The second kappa shape index (κ2) is 6.29. The van der Waals surface area contributed by atoms with Gasteiger partial charge in [-0.2, -0.15) is 0 Å². The van der Waals surface area contributed by atoms with Crippen LogP contribution in [0.1, 0.15) is 24.3 Å². The molecule has 20 heavy (non-hydrogen) atoms. The van der Waals surface area contributed by atoms with E-state index in [9.17, 15) is 4.79 Å². The minimum absolute atomic E-state index is 0.0164. The molecule has 1 amide bonds. The molecule has 0 aromatic carbocycles. The van der Waals surface area contributed by atoms with Crippen molar-refractivity contribution in [3.63, 3.8) is 0 Å². The molecule has 2 atom stereocenters. The molecule has 2 heterocycles. The van der Waals surface area contributed by atoms with Gasteiger partial charge in [0, 0.05) is 36.7 Å². The second-order valence-electron chi connectivity index (χ2n) is 4.73. The van der Waals surface area contributed by atoms with Gasteiger partial charge in [0.2, 0.25) is 0 Å². The van der Waals surface area contributed by atoms with Crippen LogP contribution in [-0.2, 0) is 0 Å². The Kier molecular flexibility index (Phi) is 4.47. The van der Waals surface area contributed by atoms with Crippen LogP contribution in [0.2, 0.25) is 0 Å². The van der Waals surface area contributed by atoms with Gasteiger partial charge >= 0.3 is 0 Å². The highest BCUT2D eigenvalue weighted by Gasteiger charge is 2.18. The van der Waals surface area contributed by atoms with Gasteiger partial charge in [0.05, 0.1) is 0 Å². The standard InChI is InChI=1S/C14H17N3O3/c1-9(8-18)10(2)16-14(19)12-7-13(20-17-12)11-3-5-15-6-4-11/h3-7,9-10,18H,8H2,1-2H3,(H,16,19). The maximum atomic E-state index is 12.0. The smallest absolute Gasteiger partial charge is 0.273 e. The summed E-state index contributed by atoms with van der Waals surface area (Å²) in [7, 11) is 0. The molecule has 2 N–H and O–H groups in total. The summed E-state index contributed by atoms with van der Waals surface area (Å²) in [5, 5.41) is 15.6. The molecule has 6 heteroatoms. The van der Waals surface area contributed by atoms with Crippen molar-refractivity contribution >= 4 is 5.91 Å². The van der Waals surface area contributed by atoms with Crippen LogP contribution in [0.5, 0.6) is 0 Å². The number of hydrogen-bond acceptors (Lipinski definition) is 5. The number of rotatable bonds is 5. The Balaban J connectivity index is 2.07. The van der Waals surface area contributed by atoms with E-state index in [0.29, 0.717) is 5.76 Å². The summed E-state index contributed by atoms with van der Waals surface area (Å²) in [6.45, 7) is 3.71. The number of pyridine rings is 1. The fourth-order valence-corrected chi connectivity index (χ4v) is 1.62. The molecule has 2 aromatic heterocycles. The summed E-state index contributed by atoms with van der Waals surface area (Å²) >= 11 is 0. The maximum absolute atomic E-state index is 12.0.